The van der Waals surface area contributed by atoms with E-state index < -0.39 is 5.97 Å². The van der Waals surface area contributed by atoms with Gasteiger partial charge in [0.1, 0.15) is 11.5 Å². The zero-order valence-electron chi connectivity index (χ0n) is 23.0. The maximum absolute atomic E-state index is 12.7. The summed E-state index contributed by atoms with van der Waals surface area (Å²) in [5, 5.41) is 0. The largest absolute Gasteiger partial charge is 0.468 e. The fourth-order valence-corrected chi connectivity index (χ4v) is 4.34. The molecule has 0 heterocycles. The smallest absolute Gasteiger partial charge is 0.343 e. The Morgan fingerprint density at radius 3 is 1.62 bits per heavy atom. The van der Waals surface area contributed by atoms with Gasteiger partial charge in [-0.05, 0) is 84.5 Å². The van der Waals surface area contributed by atoms with E-state index in [1.54, 1.807) is 24.3 Å². The van der Waals surface area contributed by atoms with Crippen LogP contribution in [0.4, 0.5) is 0 Å². The van der Waals surface area contributed by atoms with Crippen LogP contribution in [-0.4, -0.2) is 12.8 Å². The first-order valence-corrected chi connectivity index (χ1v) is 13.3. The molecule has 0 saturated carbocycles. The average Bonchev–Trinajstić information content (AvgIpc) is 2.98. The number of ether oxygens (including phenoxy) is 3. The van der Waals surface area contributed by atoms with Crippen molar-refractivity contribution in [2.75, 3.05) is 6.79 Å². The highest BCUT2D eigenvalue weighted by atomic mass is 16.7. The summed E-state index contributed by atoms with van der Waals surface area (Å²) in [6.45, 7) is 6.60. The van der Waals surface area contributed by atoms with Crippen LogP contribution >= 0.6 is 0 Å². The Bertz CT molecular complexity index is 1570. The normalized spacial score (nSPS) is 10.8. The van der Waals surface area contributed by atoms with E-state index in [2.05, 4.69) is 86.6 Å². The highest BCUT2D eigenvalue weighted by Crippen LogP contribution is 2.26. The first-order valence-electron chi connectivity index (χ1n) is 13.3. The summed E-state index contributed by atoms with van der Waals surface area (Å²) in [7, 11) is 0. The number of esters is 1. The van der Waals surface area contributed by atoms with Crippen LogP contribution in [0.25, 0.3) is 22.3 Å². The van der Waals surface area contributed by atoms with E-state index in [0.717, 1.165) is 22.3 Å². The number of benzene rings is 5. The maximum atomic E-state index is 12.7. The lowest BCUT2D eigenvalue weighted by Gasteiger charge is -2.11. The summed E-state index contributed by atoms with van der Waals surface area (Å²) in [5.74, 6) is 0.743. The van der Waals surface area contributed by atoms with Crippen LogP contribution in [0.15, 0.2) is 115 Å². The van der Waals surface area contributed by atoms with E-state index in [1.807, 2.05) is 25.1 Å². The lowest BCUT2D eigenvalue weighted by molar-refractivity contribution is 0.00498. The van der Waals surface area contributed by atoms with Crippen molar-refractivity contribution in [3.63, 3.8) is 0 Å². The van der Waals surface area contributed by atoms with Crippen molar-refractivity contribution >= 4 is 5.97 Å². The zero-order chi connectivity index (χ0) is 27.9. The summed E-state index contributed by atoms with van der Waals surface area (Å²) >= 11 is 0. The molecule has 0 N–H and O–H groups in total. The minimum absolute atomic E-state index is 0.117. The summed E-state index contributed by atoms with van der Waals surface area (Å²) in [5.41, 5.74) is 9.36. The Morgan fingerprint density at radius 1 is 0.600 bits per heavy atom. The molecule has 0 bridgehead atoms. The van der Waals surface area contributed by atoms with Crippen LogP contribution in [0, 0.1) is 20.8 Å². The molecular formula is C36H32O4. The number of hydrogen-bond donors (Lipinski definition) is 0. The predicted octanol–water partition coefficient (Wildman–Crippen LogP) is 8.72. The van der Waals surface area contributed by atoms with Gasteiger partial charge in [0, 0.05) is 0 Å². The van der Waals surface area contributed by atoms with Crippen LogP contribution in [0.2, 0.25) is 0 Å². The molecule has 5 aromatic rings. The van der Waals surface area contributed by atoms with Gasteiger partial charge in [-0.3, -0.25) is 0 Å². The van der Waals surface area contributed by atoms with Crippen molar-refractivity contribution in [2.24, 2.45) is 0 Å². The second-order valence-electron chi connectivity index (χ2n) is 9.93. The molecule has 0 aliphatic rings. The molecule has 0 unspecified atom stereocenters. The first kappa shape index (κ1) is 26.9. The van der Waals surface area contributed by atoms with E-state index in [-0.39, 0.29) is 6.79 Å². The van der Waals surface area contributed by atoms with Crippen LogP contribution in [0.3, 0.4) is 0 Å². The molecule has 0 radical (unpaired) electrons. The summed E-state index contributed by atoms with van der Waals surface area (Å²) in [4.78, 5) is 12.7. The first-order chi connectivity index (χ1) is 19.4. The number of aryl methyl sites for hydroxylation is 3. The zero-order valence-corrected chi connectivity index (χ0v) is 23.0. The molecule has 0 atom stereocenters. The van der Waals surface area contributed by atoms with Gasteiger partial charge in [0.05, 0.1) is 12.2 Å². The van der Waals surface area contributed by atoms with Crippen LogP contribution < -0.4 is 9.47 Å². The maximum Gasteiger partial charge on any atom is 0.343 e. The van der Waals surface area contributed by atoms with Crippen molar-refractivity contribution in [2.45, 2.75) is 27.4 Å². The second kappa shape index (κ2) is 12.5. The van der Waals surface area contributed by atoms with Crippen molar-refractivity contribution < 1.29 is 19.0 Å². The SMILES string of the molecule is Cc1ccc(-c2ccc(COCOc3ccc(OC(=O)c4ccc(-c5ccc(C)cc5)cc4)c(C)c3)cc2)cc1. The Hall–Kier alpha value is -4.67. The highest BCUT2D eigenvalue weighted by Gasteiger charge is 2.12. The summed E-state index contributed by atoms with van der Waals surface area (Å²) in [6.07, 6.45) is 0. The monoisotopic (exact) mass is 528 g/mol. The van der Waals surface area contributed by atoms with Crippen LogP contribution in [0.1, 0.15) is 32.6 Å². The van der Waals surface area contributed by atoms with Gasteiger partial charge in [-0.1, -0.05) is 96.1 Å². The van der Waals surface area contributed by atoms with Crippen molar-refractivity contribution in [3.05, 3.63) is 143 Å². The van der Waals surface area contributed by atoms with Crippen molar-refractivity contribution in [3.8, 4) is 33.8 Å². The van der Waals surface area contributed by atoms with Crippen LogP contribution in [0.5, 0.6) is 11.5 Å². The number of carbonyl (C=O) groups is 1. The van der Waals surface area contributed by atoms with Gasteiger partial charge < -0.3 is 14.2 Å². The topological polar surface area (TPSA) is 44.8 Å². The average molecular weight is 529 g/mol. The van der Waals surface area contributed by atoms with Gasteiger partial charge in [0.2, 0.25) is 0 Å². The van der Waals surface area contributed by atoms with Gasteiger partial charge in [0.15, 0.2) is 6.79 Å². The Balaban J connectivity index is 1.10. The molecule has 0 amide bonds. The number of carbonyl (C=O) groups excluding carboxylic acids is 1. The molecule has 40 heavy (non-hydrogen) atoms. The van der Waals surface area contributed by atoms with Gasteiger partial charge >= 0.3 is 5.97 Å². The molecule has 0 aliphatic carbocycles. The molecule has 0 fully saturated rings. The third kappa shape index (κ3) is 6.85. The minimum atomic E-state index is -0.399. The molecule has 200 valence electrons. The third-order valence-electron chi connectivity index (χ3n) is 6.77. The van der Waals surface area contributed by atoms with E-state index in [0.29, 0.717) is 23.7 Å². The molecule has 0 spiro atoms. The molecule has 5 aromatic carbocycles. The van der Waals surface area contributed by atoms with E-state index in [1.165, 1.54) is 22.3 Å². The van der Waals surface area contributed by atoms with Gasteiger partial charge in [-0.15, -0.1) is 0 Å². The third-order valence-corrected chi connectivity index (χ3v) is 6.77. The molecule has 0 aliphatic heterocycles. The fourth-order valence-electron chi connectivity index (χ4n) is 4.34. The van der Waals surface area contributed by atoms with Crippen molar-refractivity contribution in [1.82, 2.24) is 0 Å². The quantitative estimate of drug-likeness (QED) is 0.0830. The standard InChI is InChI=1S/C36H32O4/c1-25-4-10-29(11-5-25)31-14-8-28(9-15-31)23-38-24-39-34-20-21-35(27(3)22-34)40-36(37)33-18-16-32(17-19-33)30-12-6-26(2)7-13-30/h4-22H,23-24H2,1-3H3. The number of hydrogen-bond acceptors (Lipinski definition) is 4. The summed E-state index contributed by atoms with van der Waals surface area (Å²) in [6, 6.07) is 37.9. The molecule has 0 aromatic heterocycles. The minimum Gasteiger partial charge on any atom is -0.468 e. The highest BCUT2D eigenvalue weighted by molar-refractivity contribution is 5.91. The Morgan fingerprint density at radius 2 is 1.10 bits per heavy atom. The lowest BCUT2D eigenvalue weighted by Crippen LogP contribution is -2.09. The Kier molecular flexibility index (Phi) is 8.38. The molecule has 4 heteroatoms. The molecular weight excluding hydrogens is 496 g/mol. The van der Waals surface area contributed by atoms with Gasteiger partial charge in [0.25, 0.3) is 0 Å². The van der Waals surface area contributed by atoms with E-state index in [9.17, 15) is 4.79 Å². The molecule has 5 rings (SSSR count). The van der Waals surface area contributed by atoms with Crippen LogP contribution in [-0.2, 0) is 11.3 Å². The fraction of sp³-hybridized carbons (Fsp3) is 0.139. The number of rotatable bonds is 9. The predicted molar refractivity (Wildman–Crippen MR) is 160 cm³/mol. The van der Waals surface area contributed by atoms with E-state index in [4.69, 9.17) is 14.2 Å². The molecule has 0 saturated heterocycles. The van der Waals surface area contributed by atoms with Crippen molar-refractivity contribution in [1.29, 1.82) is 0 Å². The molecule has 4 nitrogen and oxygen atoms in total. The van der Waals surface area contributed by atoms with E-state index >= 15 is 0 Å². The Labute approximate surface area is 235 Å². The van der Waals surface area contributed by atoms with Gasteiger partial charge in [-0.25, -0.2) is 4.79 Å². The van der Waals surface area contributed by atoms with Gasteiger partial charge in [-0.2, -0.15) is 0 Å². The lowest BCUT2D eigenvalue weighted by atomic mass is 10.0. The second-order valence-corrected chi connectivity index (χ2v) is 9.93. The summed E-state index contributed by atoms with van der Waals surface area (Å²) < 4.78 is 17.1.